The minimum atomic E-state index is -0.972. The fraction of sp³-hybridized carbons (Fsp3) is 0.846. The number of carboxylic acids is 1. The number of aliphatic carboxylic acids is 1. The van der Waals surface area contributed by atoms with Gasteiger partial charge >= 0.3 is 5.97 Å². The molecule has 1 rings (SSSR count). The van der Waals surface area contributed by atoms with E-state index in [2.05, 4.69) is 18.7 Å². The molecule has 5 nitrogen and oxygen atoms in total. The van der Waals surface area contributed by atoms with Crippen molar-refractivity contribution in [3.05, 3.63) is 0 Å². The van der Waals surface area contributed by atoms with Gasteiger partial charge in [0, 0.05) is 19.1 Å². The van der Waals surface area contributed by atoms with Crippen molar-refractivity contribution in [2.24, 2.45) is 0 Å². The van der Waals surface area contributed by atoms with Crippen LogP contribution in [-0.2, 0) is 9.59 Å². The molecule has 1 saturated heterocycles. The molecule has 0 aromatic rings. The number of hydrogen-bond donors (Lipinski definition) is 1. The van der Waals surface area contributed by atoms with Crippen LogP contribution in [0.5, 0.6) is 0 Å². The van der Waals surface area contributed by atoms with Crippen molar-refractivity contribution in [1.82, 2.24) is 9.80 Å². The van der Waals surface area contributed by atoms with E-state index in [4.69, 9.17) is 5.11 Å². The Morgan fingerprint density at radius 2 is 1.67 bits per heavy atom. The molecular formula is C13H24N2O3. The molecule has 0 bridgehead atoms. The standard InChI is InChI=1S/C13H24N2O3/c1-8-6-7-9(2)15(8)10(3)12(16)14(5)11(4)13(17)18/h8-11H,6-7H2,1-5H3,(H,17,18). The lowest BCUT2D eigenvalue weighted by atomic mass is 10.1. The summed E-state index contributed by atoms with van der Waals surface area (Å²) < 4.78 is 0. The van der Waals surface area contributed by atoms with Crippen molar-refractivity contribution in [2.75, 3.05) is 7.05 Å². The van der Waals surface area contributed by atoms with Crippen LogP contribution in [0.25, 0.3) is 0 Å². The predicted molar refractivity (Wildman–Crippen MR) is 69.3 cm³/mol. The molecule has 5 heteroatoms. The zero-order valence-corrected chi connectivity index (χ0v) is 11.9. The van der Waals surface area contributed by atoms with Crippen LogP contribution < -0.4 is 0 Å². The highest BCUT2D eigenvalue weighted by Crippen LogP contribution is 2.26. The van der Waals surface area contributed by atoms with Crippen LogP contribution in [0.2, 0.25) is 0 Å². The summed E-state index contributed by atoms with van der Waals surface area (Å²) in [6.45, 7) is 7.64. The first-order valence-electron chi connectivity index (χ1n) is 6.54. The fourth-order valence-electron chi connectivity index (χ4n) is 2.76. The Morgan fingerprint density at radius 3 is 2.06 bits per heavy atom. The number of nitrogens with zero attached hydrogens (tertiary/aromatic N) is 2. The van der Waals surface area contributed by atoms with E-state index >= 15 is 0 Å². The minimum Gasteiger partial charge on any atom is -0.480 e. The number of carbonyl (C=O) groups is 2. The third-order valence-corrected chi connectivity index (χ3v) is 4.11. The summed E-state index contributed by atoms with van der Waals surface area (Å²) in [4.78, 5) is 26.7. The van der Waals surface area contributed by atoms with E-state index in [1.165, 1.54) is 11.8 Å². The minimum absolute atomic E-state index is 0.120. The number of likely N-dealkylation sites (tertiary alicyclic amines) is 1. The quantitative estimate of drug-likeness (QED) is 0.820. The third-order valence-electron chi connectivity index (χ3n) is 4.11. The molecule has 1 amide bonds. The average molecular weight is 256 g/mol. The summed E-state index contributed by atoms with van der Waals surface area (Å²) in [6.07, 6.45) is 2.19. The van der Waals surface area contributed by atoms with Gasteiger partial charge in [-0.1, -0.05) is 0 Å². The van der Waals surface area contributed by atoms with Gasteiger partial charge in [0.25, 0.3) is 0 Å². The second-order valence-corrected chi connectivity index (χ2v) is 5.36. The van der Waals surface area contributed by atoms with Crippen molar-refractivity contribution in [2.45, 2.75) is 64.7 Å². The van der Waals surface area contributed by atoms with Gasteiger partial charge in [-0.3, -0.25) is 9.69 Å². The molecule has 0 aliphatic carbocycles. The molecule has 1 aliphatic rings. The molecule has 1 aliphatic heterocycles. The summed E-state index contributed by atoms with van der Waals surface area (Å²) in [5.41, 5.74) is 0. The van der Waals surface area contributed by atoms with Gasteiger partial charge in [-0.15, -0.1) is 0 Å². The Bertz CT molecular complexity index is 322. The lowest BCUT2D eigenvalue weighted by Gasteiger charge is -2.35. The monoisotopic (exact) mass is 256 g/mol. The van der Waals surface area contributed by atoms with E-state index in [-0.39, 0.29) is 11.9 Å². The lowest BCUT2D eigenvalue weighted by molar-refractivity contribution is -0.150. The molecule has 0 aromatic carbocycles. The summed E-state index contributed by atoms with van der Waals surface area (Å²) in [7, 11) is 1.56. The number of likely N-dealkylation sites (N-methyl/N-ethyl adjacent to an activating group) is 1. The Balaban J connectivity index is 2.74. The van der Waals surface area contributed by atoms with Crippen LogP contribution in [0.4, 0.5) is 0 Å². The first kappa shape index (κ1) is 15.0. The highest BCUT2D eigenvalue weighted by Gasteiger charge is 2.36. The molecule has 0 spiro atoms. The van der Waals surface area contributed by atoms with Gasteiger partial charge in [0.2, 0.25) is 5.91 Å². The van der Waals surface area contributed by atoms with Gasteiger partial charge in [-0.25, -0.2) is 4.79 Å². The number of hydrogen-bond acceptors (Lipinski definition) is 3. The lowest BCUT2D eigenvalue weighted by Crippen LogP contribution is -2.52. The summed E-state index contributed by atoms with van der Waals surface area (Å²) >= 11 is 0. The largest absolute Gasteiger partial charge is 0.480 e. The number of carbonyl (C=O) groups excluding carboxylic acids is 1. The van der Waals surface area contributed by atoms with Crippen LogP contribution in [0.15, 0.2) is 0 Å². The van der Waals surface area contributed by atoms with Crippen LogP contribution in [0, 0.1) is 0 Å². The molecule has 4 atom stereocenters. The van der Waals surface area contributed by atoms with Gasteiger partial charge in [-0.05, 0) is 40.5 Å². The molecule has 4 unspecified atom stereocenters. The Morgan fingerprint density at radius 1 is 1.22 bits per heavy atom. The second kappa shape index (κ2) is 5.69. The van der Waals surface area contributed by atoms with Gasteiger partial charge in [-0.2, -0.15) is 0 Å². The van der Waals surface area contributed by atoms with Crippen molar-refractivity contribution in [1.29, 1.82) is 0 Å². The third kappa shape index (κ3) is 2.83. The van der Waals surface area contributed by atoms with E-state index in [0.29, 0.717) is 12.1 Å². The molecule has 0 saturated carbocycles. The molecule has 0 radical (unpaired) electrons. The van der Waals surface area contributed by atoms with Crippen molar-refractivity contribution in [3.8, 4) is 0 Å². The first-order valence-corrected chi connectivity index (χ1v) is 6.54. The maximum atomic E-state index is 12.3. The molecule has 1 heterocycles. The van der Waals surface area contributed by atoms with Gasteiger partial charge < -0.3 is 10.0 Å². The Hall–Kier alpha value is -1.10. The molecule has 0 aromatic heterocycles. The van der Waals surface area contributed by atoms with E-state index in [9.17, 15) is 9.59 Å². The van der Waals surface area contributed by atoms with E-state index in [0.717, 1.165) is 12.8 Å². The zero-order chi connectivity index (χ0) is 14.0. The van der Waals surface area contributed by atoms with Crippen LogP contribution in [0.3, 0.4) is 0 Å². The van der Waals surface area contributed by atoms with Crippen molar-refractivity contribution < 1.29 is 14.7 Å². The van der Waals surface area contributed by atoms with Crippen LogP contribution >= 0.6 is 0 Å². The second-order valence-electron chi connectivity index (χ2n) is 5.36. The highest BCUT2D eigenvalue weighted by atomic mass is 16.4. The molecule has 1 fully saturated rings. The summed E-state index contributed by atoms with van der Waals surface area (Å²) in [5, 5.41) is 8.94. The number of rotatable bonds is 4. The van der Waals surface area contributed by atoms with Crippen molar-refractivity contribution in [3.63, 3.8) is 0 Å². The topological polar surface area (TPSA) is 60.9 Å². The van der Waals surface area contributed by atoms with Gasteiger partial charge in [0.05, 0.1) is 6.04 Å². The van der Waals surface area contributed by atoms with E-state index in [1.54, 1.807) is 7.05 Å². The number of amides is 1. The predicted octanol–water partition coefficient (Wildman–Crippen LogP) is 1.18. The average Bonchev–Trinajstić information content (AvgIpc) is 2.65. The maximum absolute atomic E-state index is 12.3. The normalized spacial score (nSPS) is 27.8. The van der Waals surface area contributed by atoms with Crippen LogP contribution in [0.1, 0.15) is 40.5 Å². The van der Waals surface area contributed by atoms with Crippen molar-refractivity contribution >= 4 is 11.9 Å². The van der Waals surface area contributed by atoms with Gasteiger partial charge in [0.1, 0.15) is 6.04 Å². The van der Waals surface area contributed by atoms with E-state index < -0.39 is 12.0 Å². The number of carboxylic acid groups (broad SMARTS) is 1. The maximum Gasteiger partial charge on any atom is 0.326 e. The SMILES string of the molecule is CC(C(=O)O)N(C)C(=O)C(C)N1C(C)CCC1C. The highest BCUT2D eigenvalue weighted by molar-refractivity contribution is 5.86. The van der Waals surface area contributed by atoms with Gasteiger partial charge in [0.15, 0.2) is 0 Å². The Kier molecular flexibility index (Phi) is 4.73. The molecule has 1 N–H and O–H groups in total. The smallest absolute Gasteiger partial charge is 0.326 e. The fourth-order valence-corrected chi connectivity index (χ4v) is 2.76. The molecule has 104 valence electrons. The summed E-state index contributed by atoms with van der Waals surface area (Å²) in [6, 6.07) is -0.280. The van der Waals surface area contributed by atoms with Crippen LogP contribution in [-0.4, -0.2) is 58.0 Å². The zero-order valence-electron chi connectivity index (χ0n) is 11.9. The first-order chi connectivity index (χ1) is 8.27. The molecular weight excluding hydrogens is 232 g/mol. The summed E-state index contributed by atoms with van der Waals surface area (Å²) in [5.74, 6) is -1.09. The molecule has 18 heavy (non-hydrogen) atoms. The Labute approximate surface area is 109 Å². The van der Waals surface area contributed by atoms with E-state index in [1.807, 2.05) is 6.92 Å².